The lowest BCUT2D eigenvalue weighted by molar-refractivity contribution is 0.199. The molecule has 122 valence electrons. The first-order valence-electron chi connectivity index (χ1n) is 8.15. The second-order valence-corrected chi connectivity index (χ2v) is 6.49. The summed E-state index contributed by atoms with van der Waals surface area (Å²) >= 11 is 0. The van der Waals surface area contributed by atoms with Crippen molar-refractivity contribution in [3.63, 3.8) is 0 Å². The van der Waals surface area contributed by atoms with E-state index in [0.29, 0.717) is 0 Å². The Morgan fingerprint density at radius 3 is 2.54 bits per heavy atom. The van der Waals surface area contributed by atoms with E-state index in [-0.39, 0.29) is 11.6 Å². The Bertz CT molecular complexity index is 1020. The van der Waals surface area contributed by atoms with E-state index in [4.69, 9.17) is 4.84 Å². The highest BCUT2D eigenvalue weighted by molar-refractivity contribution is 5.99. The molecule has 1 aliphatic rings. The molecule has 1 unspecified atom stereocenters. The van der Waals surface area contributed by atoms with Gasteiger partial charge < -0.3 is 9.40 Å². The number of aromatic nitrogens is 1. The van der Waals surface area contributed by atoms with Crippen LogP contribution in [0.3, 0.4) is 0 Å². The highest BCUT2D eigenvalue weighted by Gasteiger charge is 2.26. The number of hydrogen-bond donors (Lipinski definition) is 1. The van der Waals surface area contributed by atoms with Gasteiger partial charge in [-0.2, -0.15) is 0 Å². The largest absolute Gasteiger partial charge is 0.407 e. The van der Waals surface area contributed by atoms with E-state index in [9.17, 15) is 4.79 Å². The van der Waals surface area contributed by atoms with Crippen LogP contribution in [0.15, 0.2) is 41.2 Å². The topological polar surface area (TPSA) is 43.3 Å². The molecule has 24 heavy (non-hydrogen) atoms. The number of hydrogen-bond acceptors (Lipinski definition) is 3. The number of aryl methyl sites for hydroxylation is 2. The average molecular weight is 320 g/mol. The summed E-state index contributed by atoms with van der Waals surface area (Å²) in [6.07, 6.45) is 0. The van der Waals surface area contributed by atoms with Crippen molar-refractivity contribution in [3.05, 3.63) is 63.4 Å². The van der Waals surface area contributed by atoms with Crippen molar-refractivity contribution < 1.29 is 4.84 Å². The zero-order chi connectivity index (χ0) is 17.0. The zero-order valence-electron chi connectivity index (χ0n) is 14.3. The molecule has 1 atom stereocenters. The van der Waals surface area contributed by atoms with Crippen LogP contribution < -0.4 is 15.9 Å². The first-order valence-corrected chi connectivity index (χ1v) is 8.15. The highest BCUT2D eigenvalue weighted by atomic mass is 16.7. The standard InChI is InChI=1S/C20H20N2O2/c1-11-17(14-8-6-5-7-9-14)16-10-15-13(3)21-24-19(15)12(2)18(16)22(4)20(11)23/h5-10,13,21H,1-4H3. The predicted molar refractivity (Wildman–Crippen MR) is 96.3 cm³/mol. The lowest BCUT2D eigenvalue weighted by Crippen LogP contribution is -2.21. The van der Waals surface area contributed by atoms with Gasteiger partial charge in [0.15, 0.2) is 5.75 Å². The van der Waals surface area contributed by atoms with Crippen molar-refractivity contribution in [1.82, 2.24) is 10.0 Å². The van der Waals surface area contributed by atoms with Gasteiger partial charge in [0.2, 0.25) is 0 Å². The molecule has 2 aromatic carbocycles. The van der Waals surface area contributed by atoms with E-state index in [1.165, 1.54) is 0 Å². The molecule has 0 amide bonds. The smallest absolute Gasteiger partial charge is 0.254 e. The molecule has 1 N–H and O–H groups in total. The predicted octanol–water partition coefficient (Wildman–Crippen LogP) is 3.78. The number of nitrogens with one attached hydrogen (secondary N) is 1. The second-order valence-electron chi connectivity index (χ2n) is 6.49. The molecule has 4 heteroatoms. The number of fused-ring (bicyclic) bond motifs is 2. The maximum atomic E-state index is 12.8. The summed E-state index contributed by atoms with van der Waals surface area (Å²) in [4.78, 5) is 18.5. The summed E-state index contributed by atoms with van der Waals surface area (Å²) in [5.74, 6) is 0.841. The summed E-state index contributed by atoms with van der Waals surface area (Å²) in [5, 5.41) is 1.09. The molecular formula is C20H20N2O2. The highest BCUT2D eigenvalue weighted by Crippen LogP contribution is 2.41. The number of hydroxylamine groups is 1. The Morgan fingerprint density at radius 2 is 1.83 bits per heavy atom. The summed E-state index contributed by atoms with van der Waals surface area (Å²) in [6.45, 7) is 6.00. The third kappa shape index (κ3) is 1.93. The molecule has 2 heterocycles. The van der Waals surface area contributed by atoms with Gasteiger partial charge in [-0.25, -0.2) is 0 Å². The number of pyridine rings is 1. The van der Waals surface area contributed by atoms with Crippen LogP contribution in [0.1, 0.15) is 29.7 Å². The molecule has 4 rings (SSSR count). The van der Waals surface area contributed by atoms with Gasteiger partial charge >= 0.3 is 0 Å². The molecule has 4 nitrogen and oxygen atoms in total. The van der Waals surface area contributed by atoms with Gasteiger partial charge in [0.1, 0.15) is 0 Å². The minimum atomic E-state index is 0.0309. The van der Waals surface area contributed by atoms with E-state index in [0.717, 1.165) is 44.5 Å². The normalized spacial score (nSPS) is 16.2. The van der Waals surface area contributed by atoms with Crippen LogP contribution in [0.2, 0.25) is 0 Å². The molecule has 0 radical (unpaired) electrons. The third-order valence-corrected chi connectivity index (χ3v) is 4.98. The molecule has 0 aliphatic carbocycles. The maximum Gasteiger partial charge on any atom is 0.254 e. The van der Waals surface area contributed by atoms with Crippen molar-refractivity contribution in [3.8, 4) is 16.9 Å². The number of benzene rings is 2. The van der Waals surface area contributed by atoms with E-state index >= 15 is 0 Å². The van der Waals surface area contributed by atoms with Gasteiger partial charge in [0.05, 0.1) is 11.6 Å². The van der Waals surface area contributed by atoms with Gasteiger partial charge in [-0.15, -0.1) is 5.48 Å². The third-order valence-electron chi connectivity index (χ3n) is 4.98. The Morgan fingerprint density at radius 1 is 1.12 bits per heavy atom. The number of rotatable bonds is 1. The molecule has 0 spiro atoms. The van der Waals surface area contributed by atoms with Crippen molar-refractivity contribution in [2.24, 2.45) is 7.05 Å². The Labute approximate surface area is 140 Å². The zero-order valence-corrected chi connectivity index (χ0v) is 14.3. The summed E-state index contributed by atoms with van der Waals surface area (Å²) < 4.78 is 1.74. The van der Waals surface area contributed by atoms with Crippen molar-refractivity contribution >= 4 is 10.9 Å². The minimum absolute atomic E-state index is 0.0309. The molecule has 0 fully saturated rings. The summed E-state index contributed by atoms with van der Waals surface area (Å²) in [5.41, 5.74) is 8.96. The average Bonchev–Trinajstić information content (AvgIpc) is 2.95. The first-order chi connectivity index (χ1) is 11.5. The Kier molecular flexibility index (Phi) is 3.25. The van der Waals surface area contributed by atoms with Crippen molar-refractivity contribution in [2.75, 3.05) is 0 Å². The fourth-order valence-electron chi connectivity index (χ4n) is 3.75. The van der Waals surface area contributed by atoms with Crippen LogP contribution in [0, 0.1) is 13.8 Å². The van der Waals surface area contributed by atoms with Gasteiger partial charge in [-0.1, -0.05) is 30.3 Å². The molecular weight excluding hydrogens is 300 g/mol. The van der Waals surface area contributed by atoms with E-state index < -0.39 is 0 Å². The molecule has 1 aromatic heterocycles. The molecule has 0 bridgehead atoms. The SMILES string of the molecule is Cc1c(-c2ccccc2)c2cc3c(c(C)c2n(C)c1=O)ONC3C. The van der Waals surface area contributed by atoms with Crippen molar-refractivity contribution in [1.29, 1.82) is 0 Å². The van der Waals surface area contributed by atoms with Crippen LogP contribution in [0.4, 0.5) is 0 Å². The minimum Gasteiger partial charge on any atom is -0.407 e. The first kappa shape index (κ1) is 15.0. The molecule has 3 aromatic rings. The lowest BCUT2D eigenvalue weighted by atomic mass is 9.92. The lowest BCUT2D eigenvalue weighted by Gasteiger charge is -2.17. The van der Waals surface area contributed by atoms with Crippen LogP contribution in [0.5, 0.6) is 5.75 Å². The quantitative estimate of drug-likeness (QED) is 0.742. The summed E-state index contributed by atoms with van der Waals surface area (Å²) in [6, 6.07) is 12.4. The van der Waals surface area contributed by atoms with Crippen LogP contribution in [0.25, 0.3) is 22.0 Å². The van der Waals surface area contributed by atoms with Gasteiger partial charge in [0, 0.05) is 29.1 Å². The molecule has 0 saturated carbocycles. The molecule has 1 aliphatic heterocycles. The van der Waals surface area contributed by atoms with Gasteiger partial charge in [-0.05, 0) is 38.0 Å². The summed E-state index contributed by atoms with van der Waals surface area (Å²) in [7, 11) is 1.83. The van der Waals surface area contributed by atoms with E-state index in [1.54, 1.807) is 4.57 Å². The monoisotopic (exact) mass is 320 g/mol. The fraction of sp³-hybridized carbons (Fsp3) is 0.250. The van der Waals surface area contributed by atoms with E-state index in [2.05, 4.69) is 30.6 Å². The number of nitrogens with zero attached hydrogens (tertiary/aromatic N) is 1. The Hall–Kier alpha value is -2.59. The van der Waals surface area contributed by atoms with Crippen LogP contribution in [-0.2, 0) is 7.05 Å². The van der Waals surface area contributed by atoms with E-state index in [1.807, 2.05) is 39.1 Å². The fourth-order valence-corrected chi connectivity index (χ4v) is 3.75. The maximum absolute atomic E-state index is 12.8. The molecule has 0 saturated heterocycles. The van der Waals surface area contributed by atoms with Crippen LogP contribution in [-0.4, -0.2) is 4.57 Å². The van der Waals surface area contributed by atoms with Gasteiger partial charge in [0.25, 0.3) is 5.56 Å². The second kappa shape index (κ2) is 5.21. The van der Waals surface area contributed by atoms with Crippen LogP contribution >= 0.6 is 0 Å². The van der Waals surface area contributed by atoms with Gasteiger partial charge in [-0.3, -0.25) is 4.79 Å². The Balaban J connectivity index is 2.23. The van der Waals surface area contributed by atoms with Crippen molar-refractivity contribution in [2.45, 2.75) is 26.8 Å².